The van der Waals surface area contributed by atoms with E-state index in [1.165, 1.54) is 6.07 Å². The lowest BCUT2D eigenvalue weighted by atomic mass is 10.2. The number of ether oxygens (including phenoxy) is 1. The van der Waals surface area contributed by atoms with E-state index in [-0.39, 0.29) is 10.3 Å². The van der Waals surface area contributed by atoms with Crippen LogP contribution in [-0.2, 0) is 0 Å². The monoisotopic (exact) mass is 288 g/mol. The van der Waals surface area contributed by atoms with Crippen LogP contribution >= 0.6 is 34.8 Å². The lowest BCUT2D eigenvalue weighted by molar-refractivity contribution is 0.478. The zero-order valence-electron chi connectivity index (χ0n) is 8.75. The zero-order valence-corrected chi connectivity index (χ0v) is 11.0. The first kappa shape index (κ1) is 12.4. The molecule has 0 aliphatic heterocycles. The van der Waals surface area contributed by atoms with Crippen molar-refractivity contribution < 1.29 is 4.74 Å². The van der Waals surface area contributed by atoms with Gasteiger partial charge >= 0.3 is 0 Å². The van der Waals surface area contributed by atoms with Crippen LogP contribution in [0.3, 0.4) is 0 Å². The fourth-order valence-corrected chi connectivity index (χ4v) is 1.64. The topological polar surface area (TPSA) is 35.0 Å². The lowest BCUT2D eigenvalue weighted by Crippen LogP contribution is -1.91. The highest BCUT2D eigenvalue weighted by Crippen LogP contribution is 2.33. The molecule has 0 saturated heterocycles. The molecule has 1 heterocycles. The minimum Gasteiger partial charge on any atom is -0.452 e. The molecule has 17 heavy (non-hydrogen) atoms. The lowest BCUT2D eigenvalue weighted by Gasteiger charge is -2.09. The molecule has 2 rings (SSSR count). The first-order chi connectivity index (χ1) is 8.06. The van der Waals surface area contributed by atoms with Crippen LogP contribution in [0.5, 0.6) is 11.5 Å². The Hall–Kier alpha value is -1.03. The Bertz CT molecular complexity index is 511. The number of halogens is 3. The first-order valence-electron chi connectivity index (χ1n) is 4.69. The smallest absolute Gasteiger partial charge is 0.194 e. The van der Waals surface area contributed by atoms with E-state index in [1.54, 1.807) is 12.1 Å². The molecule has 2 aromatic rings. The number of nitrogens with zero attached hydrogens (tertiary/aromatic N) is 2. The summed E-state index contributed by atoms with van der Waals surface area (Å²) in [6.45, 7) is 1.93. The van der Waals surface area contributed by atoms with Crippen molar-refractivity contribution in [2.24, 2.45) is 0 Å². The average molecular weight is 290 g/mol. The molecule has 1 aromatic heterocycles. The van der Waals surface area contributed by atoms with Gasteiger partial charge in [0.1, 0.15) is 5.75 Å². The molecule has 0 aliphatic carbocycles. The molecule has 0 saturated carbocycles. The number of hydrogen-bond acceptors (Lipinski definition) is 3. The van der Waals surface area contributed by atoms with Crippen molar-refractivity contribution in [1.29, 1.82) is 0 Å². The molecule has 0 N–H and O–H groups in total. The van der Waals surface area contributed by atoms with Gasteiger partial charge in [-0.15, -0.1) is 10.2 Å². The second-order valence-electron chi connectivity index (χ2n) is 3.36. The fourth-order valence-electron chi connectivity index (χ4n) is 1.22. The number of benzene rings is 1. The molecule has 0 atom stereocenters. The van der Waals surface area contributed by atoms with Crippen LogP contribution in [-0.4, -0.2) is 10.2 Å². The van der Waals surface area contributed by atoms with Gasteiger partial charge in [-0.2, -0.15) is 0 Å². The molecule has 0 aliphatic rings. The van der Waals surface area contributed by atoms with E-state index in [9.17, 15) is 0 Å². The normalized spacial score (nSPS) is 10.4. The van der Waals surface area contributed by atoms with Gasteiger partial charge in [0, 0.05) is 6.07 Å². The van der Waals surface area contributed by atoms with E-state index in [0.717, 1.165) is 5.56 Å². The Labute approximate surface area is 113 Å². The number of rotatable bonds is 2. The number of aromatic nitrogens is 2. The van der Waals surface area contributed by atoms with Gasteiger partial charge in [-0.25, -0.2) is 0 Å². The van der Waals surface area contributed by atoms with E-state index in [0.29, 0.717) is 16.5 Å². The molecule has 0 radical (unpaired) electrons. The molecule has 0 bridgehead atoms. The molecule has 1 aromatic carbocycles. The summed E-state index contributed by atoms with van der Waals surface area (Å²) in [6.07, 6.45) is 0. The molecule has 3 nitrogen and oxygen atoms in total. The third-order valence-corrected chi connectivity index (χ3v) is 2.75. The van der Waals surface area contributed by atoms with Crippen LogP contribution in [0.25, 0.3) is 0 Å². The Morgan fingerprint density at radius 2 is 1.76 bits per heavy atom. The Kier molecular flexibility index (Phi) is 3.72. The highest BCUT2D eigenvalue weighted by atomic mass is 35.5. The number of hydrogen-bond donors (Lipinski definition) is 0. The summed E-state index contributed by atoms with van der Waals surface area (Å²) in [5, 5.41) is 8.05. The molecular formula is C11H7Cl3N2O. The van der Waals surface area contributed by atoms with Gasteiger partial charge in [0.2, 0.25) is 0 Å². The number of aryl methyl sites for hydroxylation is 1. The van der Waals surface area contributed by atoms with Crippen LogP contribution in [0.2, 0.25) is 15.3 Å². The second kappa shape index (κ2) is 5.08. The maximum Gasteiger partial charge on any atom is 0.194 e. The molecule has 0 amide bonds. The van der Waals surface area contributed by atoms with Crippen LogP contribution in [0.1, 0.15) is 5.56 Å². The van der Waals surface area contributed by atoms with Crippen molar-refractivity contribution in [2.45, 2.75) is 6.92 Å². The van der Waals surface area contributed by atoms with E-state index in [2.05, 4.69) is 10.2 Å². The van der Waals surface area contributed by atoms with Gasteiger partial charge in [-0.3, -0.25) is 0 Å². The molecule has 0 fully saturated rings. The molecule has 0 unspecified atom stereocenters. The summed E-state index contributed by atoms with van der Waals surface area (Å²) in [6, 6.07) is 6.91. The van der Waals surface area contributed by atoms with Gasteiger partial charge in [-0.05, 0) is 24.6 Å². The van der Waals surface area contributed by atoms with Crippen LogP contribution < -0.4 is 4.74 Å². The van der Waals surface area contributed by atoms with Gasteiger partial charge in [0.15, 0.2) is 16.1 Å². The van der Waals surface area contributed by atoms with E-state index < -0.39 is 0 Å². The third kappa shape index (κ3) is 3.00. The fraction of sp³-hybridized carbons (Fsp3) is 0.0909. The minimum atomic E-state index is 0.131. The second-order valence-corrected chi connectivity index (χ2v) is 4.51. The van der Waals surface area contributed by atoms with E-state index in [4.69, 9.17) is 39.5 Å². The molecule has 6 heteroatoms. The summed E-state index contributed by atoms with van der Waals surface area (Å²) < 4.78 is 5.55. The average Bonchev–Trinajstić information content (AvgIpc) is 2.28. The predicted molar refractivity (Wildman–Crippen MR) is 68.3 cm³/mol. The van der Waals surface area contributed by atoms with Gasteiger partial charge in [0.25, 0.3) is 0 Å². The predicted octanol–water partition coefficient (Wildman–Crippen LogP) is 4.54. The van der Waals surface area contributed by atoms with Crippen molar-refractivity contribution in [3.63, 3.8) is 0 Å². The molecule has 88 valence electrons. The summed E-state index contributed by atoms with van der Waals surface area (Å²) in [4.78, 5) is 0. The van der Waals surface area contributed by atoms with E-state index in [1.807, 2.05) is 13.0 Å². The standard InChI is InChI=1S/C11H7Cl3N2O/c1-6-2-3-7(12)8(4-6)17-9-5-10(13)15-16-11(9)14/h2-5H,1H3. The van der Waals surface area contributed by atoms with E-state index >= 15 is 0 Å². The molecular weight excluding hydrogens is 282 g/mol. The third-order valence-electron chi connectivity index (χ3n) is 1.99. The summed E-state index contributed by atoms with van der Waals surface area (Å²) >= 11 is 17.5. The summed E-state index contributed by atoms with van der Waals surface area (Å²) in [7, 11) is 0. The van der Waals surface area contributed by atoms with Crippen molar-refractivity contribution in [3.8, 4) is 11.5 Å². The minimum absolute atomic E-state index is 0.131. The van der Waals surface area contributed by atoms with Crippen LogP contribution in [0.4, 0.5) is 0 Å². The SMILES string of the molecule is Cc1ccc(Cl)c(Oc2cc(Cl)nnc2Cl)c1. The van der Waals surface area contributed by atoms with Gasteiger partial charge < -0.3 is 4.74 Å². The zero-order chi connectivity index (χ0) is 12.4. The van der Waals surface area contributed by atoms with Gasteiger partial charge in [0.05, 0.1) is 5.02 Å². The summed E-state index contributed by atoms with van der Waals surface area (Å²) in [5.41, 5.74) is 1.02. The summed E-state index contributed by atoms with van der Waals surface area (Å²) in [5.74, 6) is 0.816. The quantitative estimate of drug-likeness (QED) is 0.814. The van der Waals surface area contributed by atoms with Crippen molar-refractivity contribution in [3.05, 3.63) is 45.2 Å². The Morgan fingerprint density at radius 3 is 2.53 bits per heavy atom. The largest absolute Gasteiger partial charge is 0.452 e. The Morgan fingerprint density at radius 1 is 1.00 bits per heavy atom. The van der Waals surface area contributed by atoms with Crippen molar-refractivity contribution in [2.75, 3.05) is 0 Å². The van der Waals surface area contributed by atoms with Crippen molar-refractivity contribution >= 4 is 34.8 Å². The first-order valence-corrected chi connectivity index (χ1v) is 5.82. The van der Waals surface area contributed by atoms with Crippen LogP contribution in [0, 0.1) is 6.92 Å². The van der Waals surface area contributed by atoms with Crippen molar-refractivity contribution in [1.82, 2.24) is 10.2 Å². The Balaban J connectivity index is 2.37. The van der Waals surface area contributed by atoms with Gasteiger partial charge in [-0.1, -0.05) is 40.9 Å². The highest BCUT2D eigenvalue weighted by molar-refractivity contribution is 6.33. The maximum atomic E-state index is 6.00. The maximum absolute atomic E-state index is 6.00. The molecule has 0 spiro atoms. The highest BCUT2D eigenvalue weighted by Gasteiger charge is 2.09. The van der Waals surface area contributed by atoms with Crippen LogP contribution in [0.15, 0.2) is 24.3 Å².